The highest BCUT2D eigenvalue weighted by atomic mass is 16.5. The van der Waals surface area contributed by atoms with Crippen LogP contribution in [0.2, 0.25) is 0 Å². The lowest BCUT2D eigenvalue weighted by Crippen LogP contribution is -2.46. The number of methoxy groups -OCH3 is 2. The topological polar surface area (TPSA) is 110 Å². The van der Waals surface area contributed by atoms with Gasteiger partial charge in [-0.1, -0.05) is 24.3 Å². The average Bonchev–Trinajstić information content (AvgIpc) is 2.55. The molecular weight excluding hydrogens is 284 g/mol. The predicted molar refractivity (Wildman–Crippen MR) is 80.5 cm³/mol. The van der Waals surface area contributed by atoms with E-state index in [2.05, 4.69) is 0 Å². The van der Waals surface area contributed by atoms with Crippen LogP contribution >= 0.6 is 0 Å². The van der Waals surface area contributed by atoms with E-state index in [1.54, 1.807) is 6.07 Å². The van der Waals surface area contributed by atoms with Crippen LogP contribution in [0.3, 0.4) is 0 Å². The largest absolute Gasteiger partial charge is 0.545 e. The van der Waals surface area contributed by atoms with Crippen molar-refractivity contribution in [2.24, 2.45) is 5.73 Å². The Morgan fingerprint density at radius 3 is 1.82 bits per heavy atom. The van der Waals surface area contributed by atoms with E-state index in [4.69, 9.17) is 20.6 Å². The van der Waals surface area contributed by atoms with Crippen LogP contribution in [0.5, 0.6) is 11.5 Å². The maximum atomic E-state index is 10.7. The molecule has 22 heavy (non-hydrogen) atoms. The zero-order valence-corrected chi connectivity index (χ0v) is 12.4. The van der Waals surface area contributed by atoms with Crippen LogP contribution in [0, 0.1) is 0 Å². The van der Waals surface area contributed by atoms with Gasteiger partial charge in [0.25, 0.3) is 5.84 Å². The first kappa shape index (κ1) is 17.0. The predicted octanol–water partition coefficient (Wildman–Crippen LogP) is -0.782. The van der Waals surface area contributed by atoms with Gasteiger partial charge in [0.2, 0.25) is 0 Å². The second-order valence-corrected chi connectivity index (χ2v) is 4.15. The molecule has 2 aromatic rings. The minimum absolute atomic E-state index is 0.0625. The van der Waals surface area contributed by atoms with E-state index in [1.807, 2.05) is 30.3 Å². The Kier molecular flexibility index (Phi) is 6.43. The van der Waals surface area contributed by atoms with Crippen LogP contribution < -0.4 is 25.7 Å². The summed E-state index contributed by atoms with van der Waals surface area (Å²) in [6, 6.07) is 14.2. The molecule has 0 radical (unpaired) electrons. The van der Waals surface area contributed by atoms with Gasteiger partial charge in [0.05, 0.1) is 31.3 Å². The molecule has 4 N–H and O–H groups in total. The summed E-state index contributed by atoms with van der Waals surface area (Å²) in [5.74, 6) is -0.469. The van der Waals surface area contributed by atoms with Gasteiger partial charge < -0.3 is 19.4 Å². The molecular formula is C16H18N2O4. The molecule has 0 aromatic heterocycles. The van der Waals surface area contributed by atoms with E-state index in [0.29, 0.717) is 5.84 Å². The molecule has 2 aromatic carbocycles. The number of ether oxygens (including phenoxy) is 2. The van der Waals surface area contributed by atoms with Gasteiger partial charge in [-0.3, -0.25) is 11.1 Å². The molecule has 0 aliphatic heterocycles. The zero-order chi connectivity index (χ0) is 16.5. The van der Waals surface area contributed by atoms with Gasteiger partial charge in [-0.2, -0.15) is 0 Å². The first-order valence-corrected chi connectivity index (χ1v) is 6.37. The van der Waals surface area contributed by atoms with Crippen molar-refractivity contribution in [3.05, 3.63) is 59.7 Å². The van der Waals surface area contributed by atoms with Crippen LogP contribution in [0.25, 0.3) is 0 Å². The van der Waals surface area contributed by atoms with E-state index >= 15 is 0 Å². The fourth-order valence-electron chi connectivity index (χ4n) is 1.68. The smallest absolute Gasteiger partial charge is 0.270 e. The summed E-state index contributed by atoms with van der Waals surface area (Å²) in [4.78, 5) is 10.7. The number of hydrogen-bond donors (Lipinski definition) is 2. The highest BCUT2D eigenvalue weighted by Gasteiger charge is 2.09. The van der Waals surface area contributed by atoms with Crippen molar-refractivity contribution < 1.29 is 24.8 Å². The van der Waals surface area contributed by atoms with E-state index in [-0.39, 0.29) is 17.1 Å². The van der Waals surface area contributed by atoms with Gasteiger partial charge in [-0.25, -0.2) is 0 Å². The number of hydrogen-bond acceptors (Lipinski definition) is 4. The summed E-state index contributed by atoms with van der Waals surface area (Å²) < 4.78 is 9.70. The molecule has 2 rings (SSSR count). The highest BCUT2D eigenvalue weighted by molar-refractivity contribution is 5.93. The third-order valence-corrected chi connectivity index (χ3v) is 2.74. The first-order chi connectivity index (χ1) is 10.5. The number of amidine groups is 1. The quantitative estimate of drug-likeness (QED) is 0.568. The van der Waals surface area contributed by atoms with Crippen molar-refractivity contribution in [1.82, 2.24) is 0 Å². The lowest BCUT2D eigenvalue weighted by atomic mass is 10.2. The van der Waals surface area contributed by atoms with E-state index < -0.39 is 5.97 Å². The number of carboxylic acid groups (broad SMARTS) is 1. The molecule has 0 saturated carbocycles. The lowest BCUT2D eigenvalue weighted by molar-refractivity contribution is -0.255. The van der Waals surface area contributed by atoms with Crippen molar-refractivity contribution in [3.63, 3.8) is 0 Å². The molecule has 0 bridgehead atoms. The van der Waals surface area contributed by atoms with Gasteiger partial charge in [0.1, 0.15) is 11.5 Å². The molecule has 6 nitrogen and oxygen atoms in total. The molecule has 0 fully saturated rings. The van der Waals surface area contributed by atoms with Gasteiger partial charge in [0, 0.05) is 0 Å². The summed E-state index contributed by atoms with van der Waals surface area (Å²) in [6.45, 7) is 0. The van der Waals surface area contributed by atoms with Crippen molar-refractivity contribution in [1.29, 1.82) is 0 Å². The van der Waals surface area contributed by atoms with Crippen molar-refractivity contribution >= 4 is 11.8 Å². The zero-order valence-electron chi connectivity index (χ0n) is 12.4. The Labute approximate surface area is 128 Å². The summed E-state index contributed by atoms with van der Waals surface area (Å²) in [5, 5.41) is 16.0. The summed E-state index contributed by atoms with van der Waals surface area (Å²) in [5.41, 5.74) is 6.13. The number of carbonyl (C=O) groups excluding carboxylic acids is 1. The van der Waals surface area contributed by atoms with Crippen molar-refractivity contribution in [2.75, 3.05) is 14.2 Å². The van der Waals surface area contributed by atoms with Crippen LogP contribution in [-0.4, -0.2) is 26.0 Å². The number of carboxylic acids is 1. The normalized spacial score (nSPS) is 9.18. The second kappa shape index (κ2) is 8.31. The average molecular weight is 302 g/mol. The Bertz CT molecular complexity index is 620. The minimum atomic E-state index is -1.31. The number of nitrogens with two attached hydrogens (primary N) is 2. The Morgan fingerprint density at radius 2 is 1.50 bits per heavy atom. The van der Waals surface area contributed by atoms with Gasteiger partial charge in [-0.05, 0) is 24.3 Å². The molecule has 0 unspecified atom stereocenters. The second-order valence-electron chi connectivity index (χ2n) is 4.15. The molecule has 0 atom stereocenters. The van der Waals surface area contributed by atoms with Crippen LogP contribution in [0.15, 0.2) is 48.5 Å². The number of carbonyl (C=O) groups is 1. The lowest BCUT2D eigenvalue weighted by Gasteiger charge is -2.12. The first-order valence-electron chi connectivity index (χ1n) is 6.37. The fraction of sp³-hybridized carbons (Fsp3) is 0.125. The number of aromatic carboxylic acids is 1. The molecule has 0 aliphatic rings. The molecule has 0 heterocycles. The van der Waals surface area contributed by atoms with Gasteiger partial charge in [-0.15, -0.1) is 0 Å². The van der Waals surface area contributed by atoms with Crippen LogP contribution in [0.1, 0.15) is 15.9 Å². The van der Waals surface area contributed by atoms with Gasteiger partial charge >= 0.3 is 0 Å². The Balaban J connectivity index is 0.000000235. The van der Waals surface area contributed by atoms with Crippen molar-refractivity contribution in [3.8, 4) is 11.5 Å². The molecule has 0 amide bonds. The van der Waals surface area contributed by atoms with Crippen LogP contribution in [-0.2, 0) is 0 Å². The standard InChI is InChI=1S/C9H10O4.C7H8N2/c1-12-6-4-3-5-7(13-2)8(6)9(10)11;8-7(9)6-4-2-1-3-5-6/h3-5H,1-2H3,(H,10,11);1-5H,(H3,8,9). The highest BCUT2D eigenvalue weighted by Crippen LogP contribution is 2.26. The Hall–Kier alpha value is -3.02. The molecule has 6 heteroatoms. The number of benzene rings is 2. The third-order valence-electron chi connectivity index (χ3n) is 2.74. The number of rotatable bonds is 4. The van der Waals surface area contributed by atoms with E-state index in [9.17, 15) is 9.90 Å². The maximum absolute atomic E-state index is 10.7. The molecule has 0 spiro atoms. The monoisotopic (exact) mass is 302 g/mol. The molecule has 0 saturated heterocycles. The maximum Gasteiger partial charge on any atom is 0.270 e. The van der Waals surface area contributed by atoms with Crippen LogP contribution in [0.4, 0.5) is 0 Å². The summed E-state index contributed by atoms with van der Waals surface area (Å²) in [7, 11) is 2.78. The van der Waals surface area contributed by atoms with Crippen molar-refractivity contribution in [2.45, 2.75) is 0 Å². The summed E-state index contributed by atoms with van der Waals surface area (Å²) in [6.07, 6.45) is 0. The molecule has 116 valence electrons. The minimum Gasteiger partial charge on any atom is -0.545 e. The summed E-state index contributed by atoms with van der Waals surface area (Å²) >= 11 is 0. The fourth-order valence-corrected chi connectivity index (χ4v) is 1.68. The van der Waals surface area contributed by atoms with E-state index in [0.717, 1.165) is 5.56 Å². The van der Waals surface area contributed by atoms with Gasteiger partial charge in [0.15, 0.2) is 0 Å². The van der Waals surface area contributed by atoms with E-state index in [1.165, 1.54) is 26.4 Å². The molecule has 0 aliphatic carbocycles. The third kappa shape index (κ3) is 4.52. The SMILES string of the molecule is COc1cccc(OC)c1C(=O)[O-].NC(=[NH2+])c1ccccc1. The Morgan fingerprint density at radius 1 is 1.00 bits per heavy atom.